The molecule has 18 heavy (non-hydrogen) atoms. The van der Waals surface area contributed by atoms with Crippen LogP contribution in [0.1, 0.15) is 19.8 Å². The average molecular weight is 270 g/mol. The maximum atomic E-state index is 11.3. The van der Waals surface area contributed by atoms with Crippen LogP contribution in [-0.2, 0) is 0 Å². The van der Waals surface area contributed by atoms with Crippen molar-refractivity contribution in [1.29, 1.82) is 0 Å². The van der Waals surface area contributed by atoms with Gasteiger partial charge in [0, 0.05) is 12.4 Å². The van der Waals surface area contributed by atoms with E-state index in [1.54, 1.807) is 12.1 Å². The fraction of sp³-hybridized carbons (Fsp3) is 0.545. The number of anilines is 1. The zero-order valence-corrected chi connectivity index (χ0v) is 10.9. The molecule has 0 aliphatic carbocycles. The van der Waals surface area contributed by atoms with Gasteiger partial charge in [0.05, 0.1) is 0 Å². The molecular formula is C11H16ClN5O. The molecule has 0 amide bonds. The molecule has 2 aromatic heterocycles. The number of hydrogen-bond donors (Lipinski definition) is 2. The molecule has 1 unspecified atom stereocenters. The zero-order valence-electron chi connectivity index (χ0n) is 10.2. The van der Waals surface area contributed by atoms with Crippen LogP contribution < -0.4 is 11.0 Å². The third-order valence-corrected chi connectivity index (χ3v) is 3.24. The number of H-pyrrole nitrogens is 1. The Kier molecular flexibility index (Phi) is 4.19. The van der Waals surface area contributed by atoms with Crippen molar-refractivity contribution in [2.75, 3.05) is 17.7 Å². The van der Waals surface area contributed by atoms with Gasteiger partial charge in [0.2, 0.25) is 0 Å². The summed E-state index contributed by atoms with van der Waals surface area (Å²) in [7, 11) is 0. The zero-order chi connectivity index (χ0) is 13.0. The molecule has 0 radical (unpaired) electrons. The van der Waals surface area contributed by atoms with Crippen molar-refractivity contribution in [3.05, 3.63) is 22.6 Å². The summed E-state index contributed by atoms with van der Waals surface area (Å²) in [6.45, 7) is 2.94. The summed E-state index contributed by atoms with van der Waals surface area (Å²) in [4.78, 5) is 11.3. The second-order valence-corrected chi connectivity index (χ2v) is 4.65. The number of rotatable bonds is 6. The van der Waals surface area contributed by atoms with Gasteiger partial charge in [-0.3, -0.25) is 0 Å². The molecule has 2 heterocycles. The van der Waals surface area contributed by atoms with Crippen molar-refractivity contribution in [2.24, 2.45) is 5.92 Å². The molecule has 2 N–H and O–H groups in total. The van der Waals surface area contributed by atoms with Crippen LogP contribution >= 0.6 is 11.6 Å². The number of nitrogens with one attached hydrogen (secondary N) is 2. The van der Waals surface area contributed by atoms with Gasteiger partial charge >= 0.3 is 5.69 Å². The molecule has 0 aromatic carbocycles. The number of aromatic amines is 1. The first-order valence-corrected chi connectivity index (χ1v) is 6.48. The predicted molar refractivity (Wildman–Crippen MR) is 71.2 cm³/mol. The highest BCUT2D eigenvalue weighted by Crippen LogP contribution is 2.08. The minimum Gasteiger partial charge on any atom is -0.369 e. The van der Waals surface area contributed by atoms with Crippen molar-refractivity contribution in [3.63, 3.8) is 0 Å². The van der Waals surface area contributed by atoms with Crippen LogP contribution in [0.3, 0.4) is 0 Å². The van der Waals surface area contributed by atoms with E-state index in [0.717, 1.165) is 19.4 Å². The Balaban J connectivity index is 1.91. The van der Waals surface area contributed by atoms with Gasteiger partial charge in [-0.2, -0.15) is 9.61 Å². The van der Waals surface area contributed by atoms with E-state index < -0.39 is 0 Å². The molecule has 2 rings (SSSR count). The highest BCUT2D eigenvalue weighted by molar-refractivity contribution is 6.18. The van der Waals surface area contributed by atoms with Gasteiger partial charge in [0.1, 0.15) is 5.82 Å². The molecule has 0 saturated heterocycles. The largest absolute Gasteiger partial charge is 0.369 e. The Morgan fingerprint density at radius 3 is 3.17 bits per heavy atom. The highest BCUT2D eigenvalue weighted by Gasteiger charge is 2.03. The Morgan fingerprint density at radius 2 is 2.39 bits per heavy atom. The fourth-order valence-corrected chi connectivity index (χ4v) is 1.80. The maximum absolute atomic E-state index is 11.3. The molecule has 6 nitrogen and oxygen atoms in total. The Labute approximate surface area is 109 Å². The first-order valence-electron chi connectivity index (χ1n) is 5.95. The number of halogens is 1. The SMILES string of the molecule is CC(CCl)CCCNc1ccc2n[nH]c(=O)n2n1. The molecule has 0 aliphatic heterocycles. The van der Waals surface area contributed by atoms with Gasteiger partial charge in [-0.25, -0.2) is 9.89 Å². The third-order valence-electron chi connectivity index (χ3n) is 2.72. The van der Waals surface area contributed by atoms with Gasteiger partial charge in [0.25, 0.3) is 0 Å². The summed E-state index contributed by atoms with van der Waals surface area (Å²) in [5.41, 5.74) is 0.186. The minimum atomic E-state index is -0.329. The molecule has 0 saturated carbocycles. The van der Waals surface area contributed by atoms with Crippen LogP contribution in [0.2, 0.25) is 0 Å². The first kappa shape index (κ1) is 12.9. The van der Waals surface area contributed by atoms with Crippen molar-refractivity contribution in [3.8, 4) is 0 Å². The van der Waals surface area contributed by atoms with E-state index in [9.17, 15) is 4.79 Å². The van der Waals surface area contributed by atoms with Crippen molar-refractivity contribution < 1.29 is 0 Å². The quantitative estimate of drug-likeness (QED) is 0.615. The normalized spacial score (nSPS) is 12.8. The van der Waals surface area contributed by atoms with Crippen LogP contribution in [0.4, 0.5) is 5.82 Å². The van der Waals surface area contributed by atoms with E-state index in [1.165, 1.54) is 4.52 Å². The summed E-state index contributed by atoms with van der Waals surface area (Å²) >= 11 is 5.74. The van der Waals surface area contributed by atoms with Gasteiger partial charge < -0.3 is 5.32 Å². The number of alkyl halides is 1. The lowest BCUT2D eigenvalue weighted by Gasteiger charge is -2.08. The highest BCUT2D eigenvalue weighted by atomic mass is 35.5. The number of nitrogens with zero attached hydrogens (tertiary/aromatic N) is 3. The molecule has 0 bridgehead atoms. The molecule has 0 aliphatic rings. The minimum absolute atomic E-state index is 0.329. The summed E-state index contributed by atoms with van der Waals surface area (Å²) in [6, 6.07) is 3.55. The molecule has 7 heteroatoms. The fourth-order valence-electron chi connectivity index (χ4n) is 1.64. The Bertz CT molecular complexity index is 564. The van der Waals surface area contributed by atoms with Crippen LogP contribution in [0.5, 0.6) is 0 Å². The van der Waals surface area contributed by atoms with Gasteiger partial charge in [0.15, 0.2) is 5.65 Å². The molecule has 2 aromatic rings. The van der Waals surface area contributed by atoms with Gasteiger partial charge in [-0.15, -0.1) is 16.7 Å². The van der Waals surface area contributed by atoms with Gasteiger partial charge in [-0.1, -0.05) is 6.92 Å². The Hall–Kier alpha value is -1.56. The van der Waals surface area contributed by atoms with Crippen LogP contribution in [0.15, 0.2) is 16.9 Å². The molecule has 0 fully saturated rings. The molecule has 98 valence electrons. The van der Waals surface area contributed by atoms with E-state index in [2.05, 4.69) is 27.5 Å². The van der Waals surface area contributed by atoms with Crippen molar-refractivity contribution >= 4 is 23.1 Å². The predicted octanol–water partition coefficient (Wildman–Crippen LogP) is 1.48. The second-order valence-electron chi connectivity index (χ2n) is 4.35. The monoisotopic (exact) mass is 269 g/mol. The maximum Gasteiger partial charge on any atom is 0.364 e. The smallest absolute Gasteiger partial charge is 0.364 e. The molecular weight excluding hydrogens is 254 g/mol. The van der Waals surface area contributed by atoms with Crippen molar-refractivity contribution in [1.82, 2.24) is 19.8 Å². The van der Waals surface area contributed by atoms with Crippen LogP contribution in [0.25, 0.3) is 5.65 Å². The number of aromatic nitrogens is 4. The van der Waals surface area contributed by atoms with Gasteiger partial charge in [-0.05, 0) is 30.9 Å². The lowest BCUT2D eigenvalue weighted by Crippen LogP contribution is -2.14. The number of hydrogen-bond acceptors (Lipinski definition) is 4. The third kappa shape index (κ3) is 3.01. The van der Waals surface area contributed by atoms with E-state index in [-0.39, 0.29) is 5.69 Å². The van der Waals surface area contributed by atoms with Crippen LogP contribution in [-0.4, -0.2) is 32.2 Å². The van der Waals surface area contributed by atoms with Crippen molar-refractivity contribution in [2.45, 2.75) is 19.8 Å². The second kappa shape index (κ2) is 5.86. The summed E-state index contributed by atoms with van der Waals surface area (Å²) in [5.74, 6) is 1.89. The van der Waals surface area contributed by atoms with E-state index >= 15 is 0 Å². The molecule has 0 spiro atoms. The average Bonchev–Trinajstić information content (AvgIpc) is 2.76. The topological polar surface area (TPSA) is 75.1 Å². The lowest BCUT2D eigenvalue weighted by atomic mass is 10.1. The lowest BCUT2D eigenvalue weighted by molar-refractivity contribution is 0.572. The Morgan fingerprint density at radius 1 is 1.56 bits per heavy atom. The van der Waals surface area contributed by atoms with E-state index in [4.69, 9.17) is 11.6 Å². The molecule has 1 atom stereocenters. The standard InChI is InChI=1S/C11H16ClN5O/c1-8(7-12)3-2-6-13-9-4-5-10-14-15-11(18)17(10)16-9/h4-5,8H,2-3,6-7H2,1H3,(H,13,16)(H,15,18). The summed E-state index contributed by atoms with van der Waals surface area (Å²) in [5, 5.41) is 13.5. The van der Waals surface area contributed by atoms with E-state index in [1.807, 2.05) is 0 Å². The van der Waals surface area contributed by atoms with Crippen LogP contribution in [0, 0.1) is 5.92 Å². The summed E-state index contributed by atoms with van der Waals surface area (Å²) in [6.07, 6.45) is 2.10. The number of fused-ring (bicyclic) bond motifs is 1. The summed E-state index contributed by atoms with van der Waals surface area (Å²) < 4.78 is 1.24. The van der Waals surface area contributed by atoms with E-state index in [0.29, 0.717) is 23.3 Å². The first-order chi connectivity index (χ1) is 8.70.